The molecule has 3 heteroatoms. The van der Waals surface area contributed by atoms with E-state index in [1.165, 1.54) is 6.08 Å². The highest BCUT2D eigenvalue weighted by atomic mass is 16.1. The summed E-state index contributed by atoms with van der Waals surface area (Å²) in [7, 11) is 0. The fraction of sp³-hybridized carbons (Fsp3) is 0. The van der Waals surface area contributed by atoms with Gasteiger partial charge in [-0.15, -0.1) is 0 Å². The van der Waals surface area contributed by atoms with Gasteiger partial charge in [0.05, 0.1) is 5.69 Å². The number of aromatic nitrogens is 1. The summed E-state index contributed by atoms with van der Waals surface area (Å²) in [5.41, 5.74) is 6.59. The van der Waals surface area contributed by atoms with Crippen molar-refractivity contribution in [1.82, 2.24) is 4.98 Å². The van der Waals surface area contributed by atoms with E-state index in [1.807, 2.05) is 12.1 Å². The highest BCUT2D eigenvalue weighted by Gasteiger charge is 1.90. The van der Waals surface area contributed by atoms with Crippen LogP contribution in [0.3, 0.4) is 0 Å². The van der Waals surface area contributed by atoms with Crippen LogP contribution < -0.4 is 5.73 Å². The van der Waals surface area contributed by atoms with Crippen molar-refractivity contribution in [3.05, 3.63) is 42.2 Å². The number of pyridine rings is 1. The average Bonchev–Trinajstić information content (AvgIpc) is 2.15. The number of amides is 1. The topological polar surface area (TPSA) is 56.0 Å². The third-order valence-electron chi connectivity index (χ3n) is 1.46. The Kier molecular flexibility index (Phi) is 2.97. The first kappa shape index (κ1) is 9.19. The van der Waals surface area contributed by atoms with Crippen molar-refractivity contribution in [2.45, 2.75) is 0 Å². The highest BCUT2D eigenvalue weighted by Crippen LogP contribution is 2.04. The molecular formula is C10H10N2O. The Morgan fingerprint density at radius 2 is 2.38 bits per heavy atom. The van der Waals surface area contributed by atoms with Crippen LogP contribution >= 0.6 is 0 Å². The van der Waals surface area contributed by atoms with Crippen LogP contribution in [-0.2, 0) is 4.79 Å². The van der Waals surface area contributed by atoms with Gasteiger partial charge in [0, 0.05) is 12.3 Å². The van der Waals surface area contributed by atoms with Gasteiger partial charge >= 0.3 is 0 Å². The molecule has 0 saturated heterocycles. The molecule has 1 amide bonds. The maximum Gasteiger partial charge on any atom is 0.241 e. The molecule has 13 heavy (non-hydrogen) atoms. The summed E-state index contributed by atoms with van der Waals surface area (Å²) in [6.07, 6.45) is 6.20. The van der Waals surface area contributed by atoms with E-state index in [-0.39, 0.29) is 0 Å². The Labute approximate surface area is 76.6 Å². The Hall–Kier alpha value is -1.90. The monoisotopic (exact) mass is 174 g/mol. The quantitative estimate of drug-likeness (QED) is 0.700. The minimum Gasteiger partial charge on any atom is -0.366 e. The number of primary amides is 1. The van der Waals surface area contributed by atoms with E-state index in [0.717, 1.165) is 5.56 Å². The van der Waals surface area contributed by atoms with Crippen molar-refractivity contribution in [2.24, 2.45) is 5.73 Å². The van der Waals surface area contributed by atoms with Gasteiger partial charge in [0.2, 0.25) is 5.91 Å². The van der Waals surface area contributed by atoms with Crippen molar-refractivity contribution in [3.63, 3.8) is 0 Å². The number of carbonyl (C=O) groups is 1. The minimum atomic E-state index is -0.481. The second kappa shape index (κ2) is 4.21. The highest BCUT2D eigenvalue weighted by molar-refractivity contribution is 5.90. The van der Waals surface area contributed by atoms with Crippen molar-refractivity contribution < 1.29 is 4.79 Å². The molecule has 0 aromatic carbocycles. The predicted molar refractivity (Wildman–Crippen MR) is 52.6 cm³/mol. The number of rotatable bonds is 3. The van der Waals surface area contributed by atoms with Gasteiger partial charge in [-0.25, -0.2) is 0 Å². The van der Waals surface area contributed by atoms with Gasteiger partial charge in [-0.3, -0.25) is 9.78 Å². The van der Waals surface area contributed by atoms with Gasteiger partial charge in [-0.1, -0.05) is 12.7 Å². The molecule has 1 rings (SSSR count). The van der Waals surface area contributed by atoms with E-state index in [2.05, 4.69) is 11.6 Å². The normalized spacial score (nSPS) is 10.2. The molecular weight excluding hydrogens is 164 g/mol. The molecule has 0 unspecified atom stereocenters. The molecule has 2 N–H and O–H groups in total. The summed E-state index contributed by atoms with van der Waals surface area (Å²) in [6.45, 7) is 3.62. The molecule has 0 aliphatic heterocycles. The first-order chi connectivity index (χ1) is 6.22. The maximum absolute atomic E-state index is 10.4. The van der Waals surface area contributed by atoms with Gasteiger partial charge in [-0.2, -0.15) is 0 Å². The van der Waals surface area contributed by atoms with E-state index in [1.54, 1.807) is 18.3 Å². The molecule has 3 nitrogen and oxygen atoms in total. The van der Waals surface area contributed by atoms with Crippen LogP contribution in [-0.4, -0.2) is 10.9 Å². The molecule has 66 valence electrons. The number of hydrogen-bond acceptors (Lipinski definition) is 2. The second-order valence-electron chi connectivity index (χ2n) is 2.45. The molecule has 0 aliphatic rings. The number of nitrogens with zero attached hydrogens (tertiary/aromatic N) is 1. The lowest BCUT2D eigenvalue weighted by molar-refractivity contribution is -0.113. The van der Waals surface area contributed by atoms with E-state index in [0.29, 0.717) is 5.69 Å². The zero-order valence-corrected chi connectivity index (χ0v) is 7.10. The molecule has 0 spiro atoms. The molecule has 0 aliphatic carbocycles. The molecule has 1 aromatic heterocycles. The van der Waals surface area contributed by atoms with Gasteiger partial charge < -0.3 is 5.73 Å². The van der Waals surface area contributed by atoms with Gasteiger partial charge in [0.1, 0.15) is 0 Å². The SMILES string of the molecule is C=Cc1ccnc(C=CC(N)=O)c1. The van der Waals surface area contributed by atoms with Crippen molar-refractivity contribution in [2.75, 3.05) is 0 Å². The Morgan fingerprint density at radius 3 is 3.00 bits per heavy atom. The van der Waals surface area contributed by atoms with Crippen LogP contribution in [0.25, 0.3) is 12.2 Å². The standard InChI is InChI=1S/C10H10N2O/c1-2-8-5-6-12-9(7-8)3-4-10(11)13/h2-7H,1H2,(H2,11,13). The van der Waals surface area contributed by atoms with Crippen LogP contribution in [0.5, 0.6) is 0 Å². The number of carbonyl (C=O) groups excluding carboxylic acids is 1. The van der Waals surface area contributed by atoms with Crippen LogP contribution in [0, 0.1) is 0 Å². The second-order valence-corrected chi connectivity index (χ2v) is 2.45. The number of hydrogen-bond donors (Lipinski definition) is 1. The fourth-order valence-corrected chi connectivity index (χ4v) is 0.851. The van der Waals surface area contributed by atoms with Crippen molar-refractivity contribution >= 4 is 18.1 Å². The van der Waals surface area contributed by atoms with Gasteiger partial charge in [0.15, 0.2) is 0 Å². The zero-order valence-electron chi connectivity index (χ0n) is 7.10. The Bertz CT molecular complexity index is 356. The van der Waals surface area contributed by atoms with Gasteiger partial charge in [-0.05, 0) is 23.8 Å². The molecule has 0 atom stereocenters. The summed E-state index contributed by atoms with van der Waals surface area (Å²) < 4.78 is 0. The van der Waals surface area contributed by atoms with Crippen LogP contribution in [0.1, 0.15) is 11.3 Å². The van der Waals surface area contributed by atoms with E-state index in [9.17, 15) is 4.79 Å². The van der Waals surface area contributed by atoms with Crippen molar-refractivity contribution in [1.29, 1.82) is 0 Å². The Morgan fingerprint density at radius 1 is 1.62 bits per heavy atom. The number of nitrogens with two attached hydrogens (primary N) is 1. The lowest BCUT2D eigenvalue weighted by atomic mass is 10.2. The molecule has 0 radical (unpaired) electrons. The summed E-state index contributed by atoms with van der Waals surface area (Å²) >= 11 is 0. The fourth-order valence-electron chi connectivity index (χ4n) is 0.851. The molecule has 1 aromatic rings. The summed E-state index contributed by atoms with van der Waals surface area (Å²) in [6, 6.07) is 3.64. The minimum absolute atomic E-state index is 0.481. The van der Waals surface area contributed by atoms with E-state index >= 15 is 0 Å². The maximum atomic E-state index is 10.4. The summed E-state index contributed by atoms with van der Waals surface area (Å²) in [5.74, 6) is -0.481. The van der Waals surface area contributed by atoms with Crippen LogP contribution in [0.2, 0.25) is 0 Å². The molecule has 0 bridgehead atoms. The van der Waals surface area contributed by atoms with Crippen LogP contribution in [0.15, 0.2) is 31.0 Å². The largest absolute Gasteiger partial charge is 0.366 e. The zero-order chi connectivity index (χ0) is 9.68. The summed E-state index contributed by atoms with van der Waals surface area (Å²) in [4.78, 5) is 14.4. The van der Waals surface area contributed by atoms with E-state index in [4.69, 9.17) is 5.73 Å². The lowest BCUT2D eigenvalue weighted by Crippen LogP contribution is -2.05. The van der Waals surface area contributed by atoms with Crippen molar-refractivity contribution in [3.8, 4) is 0 Å². The average molecular weight is 174 g/mol. The first-order valence-corrected chi connectivity index (χ1v) is 3.78. The Balaban J connectivity index is 2.89. The van der Waals surface area contributed by atoms with Gasteiger partial charge in [0.25, 0.3) is 0 Å². The molecule has 0 saturated carbocycles. The van der Waals surface area contributed by atoms with E-state index < -0.39 is 5.91 Å². The third-order valence-corrected chi connectivity index (χ3v) is 1.46. The molecule has 0 fully saturated rings. The smallest absolute Gasteiger partial charge is 0.241 e. The summed E-state index contributed by atoms with van der Waals surface area (Å²) in [5, 5.41) is 0. The first-order valence-electron chi connectivity index (χ1n) is 3.78. The van der Waals surface area contributed by atoms with Crippen LogP contribution in [0.4, 0.5) is 0 Å². The predicted octanol–water partition coefficient (Wildman–Crippen LogP) is 1.22. The molecule has 1 heterocycles. The lowest BCUT2D eigenvalue weighted by Gasteiger charge is -1.94. The third kappa shape index (κ3) is 2.91.